The molecule has 0 bridgehead atoms. The van der Waals surface area contributed by atoms with Crippen LogP contribution < -0.4 is 15.5 Å². The molecule has 0 fully saturated rings. The van der Waals surface area contributed by atoms with Crippen LogP contribution in [0, 0.1) is 13.8 Å². The molecule has 2 heterocycles. The van der Waals surface area contributed by atoms with Crippen molar-refractivity contribution in [2.75, 3.05) is 11.9 Å². The molecular weight excluding hydrogens is 506 g/mol. The molecule has 0 saturated heterocycles. The van der Waals surface area contributed by atoms with Crippen LogP contribution in [0.5, 0.6) is 5.75 Å². The molecule has 7 nitrogen and oxygen atoms in total. The first-order chi connectivity index (χ1) is 18.3. The number of aryl methyl sites for hydroxylation is 2. The molecule has 3 aromatic carbocycles. The highest BCUT2D eigenvalue weighted by molar-refractivity contribution is 6.31. The quantitative estimate of drug-likeness (QED) is 0.240. The number of hydrogen-bond donors (Lipinski definition) is 1. The number of amides is 1. The fourth-order valence-electron chi connectivity index (χ4n) is 4.22. The van der Waals surface area contributed by atoms with E-state index in [1.807, 2.05) is 19.9 Å². The lowest BCUT2D eigenvalue weighted by molar-refractivity contribution is -0.118. The van der Waals surface area contributed by atoms with E-state index >= 15 is 0 Å². The second kappa shape index (κ2) is 10.4. The summed E-state index contributed by atoms with van der Waals surface area (Å²) in [5.41, 5.74) is 2.59. The summed E-state index contributed by atoms with van der Waals surface area (Å²) in [5, 5.41) is 3.37. The third kappa shape index (κ3) is 4.96. The molecule has 0 aliphatic rings. The summed E-state index contributed by atoms with van der Waals surface area (Å²) in [7, 11) is 0. The van der Waals surface area contributed by atoms with E-state index in [2.05, 4.69) is 5.32 Å². The first kappa shape index (κ1) is 25.0. The summed E-state index contributed by atoms with van der Waals surface area (Å²) in [6.45, 7) is 3.20. The van der Waals surface area contributed by atoms with E-state index in [0.717, 1.165) is 11.1 Å². The van der Waals surface area contributed by atoms with E-state index < -0.39 is 17.9 Å². The molecule has 0 spiro atoms. The highest BCUT2D eigenvalue weighted by Crippen LogP contribution is 2.33. The Morgan fingerprint density at radius 2 is 1.76 bits per heavy atom. The van der Waals surface area contributed by atoms with Gasteiger partial charge < -0.3 is 18.9 Å². The Labute approximate surface area is 222 Å². The van der Waals surface area contributed by atoms with Crippen LogP contribution in [0.15, 0.2) is 92.7 Å². The fourth-order valence-corrected chi connectivity index (χ4v) is 4.39. The van der Waals surface area contributed by atoms with Crippen molar-refractivity contribution in [3.05, 3.63) is 117 Å². The molecule has 0 atom stereocenters. The molecular formula is C30H22ClNO6. The van der Waals surface area contributed by atoms with Gasteiger partial charge in [0.1, 0.15) is 5.58 Å². The normalized spacial score (nSPS) is 10.9. The van der Waals surface area contributed by atoms with E-state index in [0.29, 0.717) is 21.6 Å². The predicted octanol–water partition coefficient (Wildman–Crippen LogP) is 6.57. The number of ketones is 1. The van der Waals surface area contributed by atoms with Crippen LogP contribution in [-0.2, 0) is 4.79 Å². The Morgan fingerprint density at radius 1 is 0.974 bits per heavy atom. The number of halogens is 1. The van der Waals surface area contributed by atoms with E-state index in [-0.39, 0.29) is 34.3 Å². The van der Waals surface area contributed by atoms with Gasteiger partial charge in [-0.05, 0) is 61.4 Å². The minimum atomic E-state index is -0.584. The number of nitrogens with one attached hydrogen (secondary N) is 1. The van der Waals surface area contributed by atoms with Crippen molar-refractivity contribution >= 4 is 39.9 Å². The average molecular weight is 528 g/mol. The molecule has 38 heavy (non-hydrogen) atoms. The van der Waals surface area contributed by atoms with Gasteiger partial charge in [0.2, 0.25) is 16.9 Å². The van der Waals surface area contributed by atoms with Crippen LogP contribution in [0.25, 0.3) is 22.5 Å². The van der Waals surface area contributed by atoms with E-state index in [9.17, 15) is 14.4 Å². The van der Waals surface area contributed by atoms with Gasteiger partial charge in [-0.2, -0.15) is 0 Å². The van der Waals surface area contributed by atoms with Gasteiger partial charge in [-0.15, -0.1) is 0 Å². The Hall–Kier alpha value is -4.62. The molecule has 0 saturated carbocycles. The molecule has 0 aliphatic heterocycles. The number of carbonyl (C=O) groups excluding carboxylic acids is 2. The zero-order chi connectivity index (χ0) is 26.8. The molecule has 0 radical (unpaired) electrons. The minimum absolute atomic E-state index is 0.0821. The summed E-state index contributed by atoms with van der Waals surface area (Å²) in [4.78, 5) is 39.4. The zero-order valence-electron chi connectivity index (χ0n) is 20.5. The van der Waals surface area contributed by atoms with Crippen LogP contribution >= 0.6 is 11.6 Å². The minimum Gasteiger partial charge on any atom is -0.476 e. The van der Waals surface area contributed by atoms with E-state index in [4.69, 9.17) is 25.2 Å². The maximum atomic E-state index is 13.4. The number of benzene rings is 3. The number of carbonyl (C=O) groups is 2. The lowest BCUT2D eigenvalue weighted by Crippen LogP contribution is -2.24. The van der Waals surface area contributed by atoms with E-state index in [1.165, 1.54) is 12.3 Å². The lowest BCUT2D eigenvalue weighted by Gasteiger charge is -2.13. The Bertz CT molecular complexity index is 1720. The van der Waals surface area contributed by atoms with Gasteiger partial charge in [0, 0.05) is 16.1 Å². The molecule has 5 rings (SSSR count). The van der Waals surface area contributed by atoms with Gasteiger partial charge in [0.05, 0.1) is 17.3 Å². The molecule has 1 amide bonds. The summed E-state index contributed by atoms with van der Waals surface area (Å²) in [5.74, 6) is -0.666. The van der Waals surface area contributed by atoms with Crippen LogP contribution in [0.4, 0.5) is 5.69 Å². The number of anilines is 1. The zero-order valence-corrected chi connectivity index (χ0v) is 21.3. The van der Waals surface area contributed by atoms with Crippen molar-refractivity contribution < 1.29 is 23.2 Å². The second-order valence-electron chi connectivity index (χ2n) is 8.75. The maximum absolute atomic E-state index is 13.4. The van der Waals surface area contributed by atoms with Gasteiger partial charge in [-0.1, -0.05) is 48.0 Å². The highest BCUT2D eigenvalue weighted by Gasteiger charge is 2.22. The molecule has 5 aromatic rings. The Kier molecular flexibility index (Phi) is 6.85. The van der Waals surface area contributed by atoms with Crippen LogP contribution in [0.3, 0.4) is 0 Å². The smallest absolute Gasteiger partial charge is 0.262 e. The van der Waals surface area contributed by atoms with Gasteiger partial charge in [-0.25, -0.2) is 0 Å². The molecule has 0 unspecified atom stereocenters. The Morgan fingerprint density at radius 3 is 2.50 bits per heavy atom. The third-order valence-electron chi connectivity index (χ3n) is 5.91. The van der Waals surface area contributed by atoms with Gasteiger partial charge in [0.25, 0.3) is 5.91 Å². The van der Waals surface area contributed by atoms with Crippen LogP contribution in [0.2, 0.25) is 5.02 Å². The summed E-state index contributed by atoms with van der Waals surface area (Å²) < 4.78 is 17.3. The molecule has 2 aromatic heterocycles. The predicted molar refractivity (Wildman–Crippen MR) is 145 cm³/mol. The summed E-state index contributed by atoms with van der Waals surface area (Å²) in [6, 6.07) is 20.2. The Balaban J connectivity index is 1.45. The topological polar surface area (TPSA) is 98.8 Å². The SMILES string of the molecule is Cc1cc(C)c2oc(-c3ccco3)c(OCC(=O)Nc3ccc(Cl)cc3C(=O)c3ccccc3)c(=O)c2c1. The van der Waals surface area contributed by atoms with Crippen LogP contribution in [-0.4, -0.2) is 18.3 Å². The first-order valence-electron chi connectivity index (χ1n) is 11.8. The highest BCUT2D eigenvalue weighted by atomic mass is 35.5. The van der Waals surface area contributed by atoms with Crippen molar-refractivity contribution in [3.8, 4) is 17.3 Å². The second-order valence-corrected chi connectivity index (χ2v) is 9.18. The van der Waals surface area contributed by atoms with Gasteiger partial charge in [0.15, 0.2) is 18.2 Å². The summed E-state index contributed by atoms with van der Waals surface area (Å²) in [6.07, 6.45) is 1.45. The van der Waals surface area contributed by atoms with E-state index in [1.54, 1.807) is 60.7 Å². The lowest BCUT2D eigenvalue weighted by atomic mass is 10.0. The van der Waals surface area contributed by atoms with Crippen molar-refractivity contribution in [2.24, 2.45) is 0 Å². The van der Waals surface area contributed by atoms with Crippen molar-refractivity contribution in [2.45, 2.75) is 13.8 Å². The van der Waals surface area contributed by atoms with Gasteiger partial charge in [-0.3, -0.25) is 14.4 Å². The van der Waals surface area contributed by atoms with Crippen molar-refractivity contribution in [1.82, 2.24) is 0 Å². The molecule has 8 heteroatoms. The number of hydrogen-bond acceptors (Lipinski definition) is 6. The maximum Gasteiger partial charge on any atom is 0.262 e. The third-order valence-corrected chi connectivity index (χ3v) is 6.14. The average Bonchev–Trinajstić information content (AvgIpc) is 3.44. The number of fused-ring (bicyclic) bond motifs is 1. The molecule has 190 valence electrons. The fraction of sp³-hybridized carbons (Fsp3) is 0.100. The number of rotatable bonds is 7. The monoisotopic (exact) mass is 527 g/mol. The largest absolute Gasteiger partial charge is 0.476 e. The number of ether oxygens (including phenoxy) is 1. The molecule has 1 N–H and O–H groups in total. The van der Waals surface area contributed by atoms with Crippen LogP contribution in [0.1, 0.15) is 27.0 Å². The van der Waals surface area contributed by atoms with Crippen molar-refractivity contribution in [3.63, 3.8) is 0 Å². The van der Waals surface area contributed by atoms with Crippen molar-refractivity contribution in [1.29, 1.82) is 0 Å². The summed E-state index contributed by atoms with van der Waals surface area (Å²) >= 11 is 6.14. The van der Waals surface area contributed by atoms with Gasteiger partial charge >= 0.3 is 0 Å². The molecule has 0 aliphatic carbocycles. The number of furan rings is 1. The first-order valence-corrected chi connectivity index (χ1v) is 12.1. The standard InChI is InChI=1S/C30H22ClNO6/c1-17-13-18(2)28-22(14-17)27(35)30(29(38-28)24-9-6-12-36-24)37-16-25(33)32-23-11-10-20(31)15-21(23)26(34)19-7-4-3-5-8-19/h3-15H,16H2,1-2H3,(H,32,33).